The maximum absolute atomic E-state index is 12.8. The first-order valence-corrected chi connectivity index (χ1v) is 10.6. The average Bonchev–Trinajstić information content (AvgIpc) is 3.31. The van der Waals surface area contributed by atoms with Crippen LogP contribution in [-0.4, -0.2) is 51.3 Å². The molecule has 0 saturated carbocycles. The van der Waals surface area contributed by atoms with Crippen LogP contribution in [-0.2, 0) is 28.4 Å². The monoisotopic (exact) mass is 394 g/mol. The van der Waals surface area contributed by atoms with Crippen molar-refractivity contribution < 1.29 is 13.2 Å². The number of nitrogens with one attached hydrogen (secondary N) is 1. The summed E-state index contributed by atoms with van der Waals surface area (Å²) in [6.07, 6.45) is 6.01. The largest absolute Gasteiger partial charge is 0.348 e. The molecule has 0 unspecified atom stereocenters. The summed E-state index contributed by atoms with van der Waals surface area (Å²) in [5.74, 6) is -0.513. The third kappa shape index (κ3) is 4.22. The fourth-order valence-corrected chi connectivity index (χ4v) is 4.76. The van der Waals surface area contributed by atoms with E-state index < -0.39 is 10.0 Å². The van der Waals surface area contributed by atoms with E-state index in [0.29, 0.717) is 19.4 Å². The molecule has 1 fully saturated rings. The number of aromatic nitrogens is 4. The van der Waals surface area contributed by atoms with Gasteiger partial charge in [0, 0.05) is 39.1 Å². The third-order valence-corrected chi connectivity index (χ3v) is 6.68. The van der Waals surface area contributed by atoms with Crippen LogP contribution in [0.2, 0.25) is 0 Å². The summed E-state index contributed by atoms with van der Waals surface area (Å²) in [6, 6.07) is 1.66. The molecule has 0 aromatic carbocycles. The molecule has 27 heavy (non-hydrogen) atoms. The first-order chi connectivity index (χ1) is 12.8. The average molecular weight is 395 g/mol. The van der Waals surface area contributed by atoms with Crippen molar-refractivity contribution in [3.63, 3.8) is 0 Å². The highest BCUT2D eigenvalue weighted by molar-refractivity contribution is 7.89. The Hall–Kier alpha value is -2.20. The van der Waals surface area contributed by atoms with Crippen LogP contribution >= 0.6 is 0 Å². The first kappa shape index (κ1) is 19.6. The molecule has 0 bridgehead atoms. The van der Waals surface area contributed by atoms with Gasteiger partial charge in [0.25, 0.3) is 0 Å². The van der Waals surface area contributed by atoms with Crippen molar-refractivity contribution in [1.29, 1.82) is 0 Å². The van der Waals surface area contributed by atoms with Crippen LogP contribution in [0.25, 0.3) is 0 Å². The molecular formula is C17H26N6O3S. The predicted octanol–water partition coefficient (Wildman–Crippen LogP) is 0.915. The van der Waals surface area contributed by atoms with Crippen molar-refractivity contribution in [3.05, 3.63) is 30.4 Å². The van der Waals surface area contributed by atoms with Gasteiger partial charge in [-0.2, -0.15) is 14.5 Å². The molecule has 9 nitrogen and oxygen atoms in total. The first-order valence-electron chi connectivity index (χ1n) is 9.13. The van der Waals surface area contributed by atoms with Gasteiger partial charge in [0.2, 0.25) is 15.9 Å². The Labute approximate surface area is 159 Å². The standard InChI is InChI=1S/C17H26N6O3S/c1-4-22-9-7-16(20-22)13(2)19-17(24)14-6-5-8-23(11-14)27(25,26)15-10-18-21(3)12-15/h7,9-10,12-14H,4-6,8,11H2,1-3H3,(H,19,24)/t13-,14+/m1/s1. The van der Waals surface area contributed by atoms with Gasteiger partial charge in [-0.15, -0.1) is 0 Å². The number of hydrogen-bond donors (Lipinski definition) is 1. The number of sulfonamides is 1. The minimum atomic E-state index is -3.63. The third-order valence-electron chi connectivity index (χ3n) is 4.86. The lowest BCUT2D eigenvalue weighted by Gasteiger charge is -2.31. The Morgan fingerprint density at radius 3 is 2.85 bits per heavy atom. The molecular weight excluding hydrogens is 368 g/mol. The van der Waals surface area contributed by atoms with E-state index >= 15 is 0 Å². The summed E-state index contributed by atoms with van der Waals surface area (Å²) < 4.78 is 30.2. The van der Waals surface area contributed by atoms with Crippen LogP contribution in [0.5, 0.6) is 0 Å². The number of rotatable bonds is 6. The van der Waals surface area contributed by atoms with Crippen molar-refractivity contribution in [2.24, 2.45) is 13.0 Å². The smallest absolute Gasteiger partial charge is 0.246 e. The molecule has 10 heteroatoms. The summed E-state index contributed by atoms with van der Waals surface area (Å²) in [7, 11) is -1.96. The van der Waals surface area contributed by atoms with Gasteiger partial charge < -0.3 is 5.32 Å². The summed E-state index contributed by atoms with van der Waals surface area (Å²) in [4.78, 5) is 12.8. The summed E-state index contributed by atoms with van der Waals surface area (Å²) in [5, 5.41) is 11.3. The van der Waals surface area contributed by atoms with Crippen LogP contribution in [0.4, 0.5) is 0 Å². The van der Waals surface area contributed by atoms with Crippen LogP contribution in [0.1, 0.15) is 38.4 Å². The maximum Gasteiger partial charge on any atom is 0.246 e. The number of carbonyl (C=O) groups is 1. The van der Waals surface area contributed by atoms with Crippen molar-refractivity contribution in [2.45, 2.75) is 44.2 Å². The molecule has 0 aliphatic carbocycles. The minimum absolute atomic E-state index is 0.139. The summed E-state index contributed by atoms with van der Waals surface area (Å²) in [5.41, 5.74) is 0.792. The Morgan fingerprint density at radius 2 is 2.22 bits per heavy atom. The molecule has 1 saturated heterocycles. The van der Waals surface area contributed by atoms with Crippen molar-refractivity contribution in [2.75, 3.05) is 13.1 Å². The van der Waals surface area contributed by atoms with Gasteiger partial charge in [-0.1, -0.05) is 0 Å². The second-order valence-corrected chi connectivity index (χ2v) is 8.82. The number of amides is 1. The molecule has 1 N–H and O–H groups in total. The lowest BCUT2D eigenvalue weighted by Crippen LogP contribution is -2.45. The second kappa shape index (κ2) is 7.81. The Morgan fingerprint density at radius 1 is 1.44 bits per heavy atom. The van der Waals surface area contributed by atoms with Crippen molar-refractivity contribution >= 4 is 15.9 Å². The molecule has 0 radical (unpaired) electrons. The molecule has 1 amide bonds. The summed E-state index contributed by atoms with van der Waals surface area (Å²) in [6.45, 7) is 5.24. The zero-order valence-corrected chi connectivity index (χ0v) is 16.7. The van der Waals surface area contributed by atoms with Crippen LogP contribution in [0.3, 0.4) is 0 Å². The quantitative estimate of drug-likeness (QED) is 0.785. The van der Waals surface area contributed by atoms with E-state index in [2.05, 4.69) is 15.5 Å². The van der Waals surface area contributed by atoms with E-state index in [1.54, 1.807) is 11.7 Å². The fraction of sp³-hybridized carbons (Fsp3) is 0.588. The van der Waals surface area contributed by atoms with E-state index in [1.165, 1.54) is 21.4 Å². The molecule has 1 aliphatic rings. The topological polar surface area (TPSA) is 102 Å². The van der Waals surface area contributed by atoms with Crippen LogP contribution in [0, 0.1) is 5.92 Å². The number of nitrogens with zero attached hydrogens (tertiary/aromatic N) is 5. The zero-order valence-electron chi connectivity index (χ0n) is 15.9. The van der Waals surface area contributed by atoms with E-state index in [-0.39, 0.29) is 29.3 Å². The minimum Gasteiger partial charge on any atom is -0.348 e. The van der Waals surface area contributed by atoms with E-state index in [4.69, 9.17) is 0 Å². The van der Waals surface area contributed by atoms with Crippen LogP contribution < -0.4 is 5.32 Å². The fourth-order valence-electron chi connectivity index (χ4n) is 3.25. The maximum atomic E-state index is 12.8. The lowest BCUT2D eigenvalue weighted by atomic mass is 9.98. The van der Waals surface area contributed by atoms with Gasteiger partial charge in [0.1, 0.15) is 4.90 Å². The summed E-state index contributed by atoms with van der Waals surface area (Å²) >= 11 is 0. The van der Waals surface area contributed by atoms with E-state index in [1.807, 2.05) is 26.1 Å². The molecule has 2 aromatic heterocycles. The van der Waals surface area contributed by atoms with Gasteiger partial charge >= 0.3 is 0 Å². The zero-order chi connectivity index (χ0) is 19.6. The van der Waals surface area contributed by atoms with Gasteiger partial charge in [-0.05, 0) is 32.8 Å². The van der Waals surface area contributed by atoms with Gasteiger partial charge in [0.05, 0.1) is 23.9 Å². The SMILES string of the molecule is CCn1ccc([C@@H](C)NC(=O)[C@H]2CCCN(S(=O)(=O)c3cnn(C)c3)C2)n1. The second-order valence-electron chi connectivity index (χ2n) is 6.88. The number of piperidine rings is 1. The highest BCUT2D eigenvalue weighted by Crippen LogP contribution is 2.24. The van der Waals surface area contributed by atoms with Gasteiger partial charge in [-0.25, -0.2) is 8.42 Å². The number of hydrogen-bond acceptors (Lipinski definition) is 5. The normalized spacial score (nSPS) is 19.7. The Kier molecular flexibility index (Phi) is 5.66. The van der Waals surface area contributed by atoms with Crippen molar-refractivity contribution in [1.82, 2.24) is 29.2 Å². The molecule has 2 atom stereocenters. The highest BCUT2D eigenvalue weighted by Gasteiger charge is 2.34. The molecule has 2 aromatic rings. The predicted molar refractivity (Wildman–Crippen MR) is 99.1 cm³/mol. The van der Waals surface area contributed by atoms with Gasteiger partial charge in [0.15, 0.2) is 0 Å². The molecule has 148 valence electrons. The molecule has 0 spiro atoms. The van der Waals surface area contributed by atoms with E-state index in [9.17, 15) is 13.2 Å². The molecule has 1 aliphatic heterocycles. The van der Waals surface area contributed by atoms with E-state index in [0.717, 1.165) is 12.2 Å². The van der Waals surface area contributed by atoms with Gasteiger partial charge in [-0.3, -0.25) is 14.2 Å². The molecule has 3 heterocycles. The molecule has 3 rings (SSSR count). The lowest BCUT2D eigenvalue weighted by molar-refractivity contribution is -0.126. The highest BCUT2D eigenvalue weighted by atomic mass is 32.2. The number of carbonyl (C=O) groups excluding carboxylic acids is 1. The Balaban J connectivity index is 1.65. The Bertz CT molecular complexity index is 903. The van der Waals surface area contributed by atoms with Crippen LogP contribution in [0.15, 0.2) is 29.6 Å². The van der Waals surface area contributed by atoms with Crippen molar-refractivity contribution in [3.8, 4) is 0 Å². The number of aryl methyl sites for hydroxylation is 2.